The zero-order chi connectivity index (χ0) is 49.5. The molecule has 0 aliphatic heterocycles. The number of ketones is 1. The van der Waals surface area contributed by atoms with Gasteiger partial charge in [0.25, 0.3) is 0 Å². The van der Waals surface area contributed by atoms with E-state index >= 15 is 0 Å². The second-order valence-corrected chi connectivity index (χ2v) is 33.1. The van der Waals surface area contributed by atoms with Gasteiger partial charge in [0.1, 0.15) is 52.1 Å². The lowest BCUT2D eigenvalue weighted by Crippen LogP contribution is -2.23. The number of ether oxygens (including phenoxy) is 4. The lowest BCUT2D eigenvalue weighted by Gasteiger charge is -2.19. The molecule has 70 heavy (non-hydrogen) atoms. The number of aromatic nitrogens is 4. The third-order valence-electron chi connectivity index (χ3n) is 11.1. The highest BCUT2D eigenvalue weighted by molar-refractivity contribution is 9.10. The standard InChI is InChI=1S/C29H34BrFN2O5SSi.C19H25BrFN3O2SSi.2CH4/c1-36-24-12-9-18(15-25(24)37-2)22(34)10-11-23(35)26-28(30)32-29(33(26)17-38-13-14-40(3,4)5)20-16-39-27-19(20)7-6-8-21(27)31;1-28(2,3)8-7-26-11-24-16(15(25)9-22)18(20)23-19(24)13-10-27-17-12(13)5-4-6-14(17)21;;/h6-9,12,15-16,23,35H,10-11,13-14,17H2,1-5H3;4-6,10,15,25H,7-9,11,22H2,1-3H3;2*1H4. The Bertz CT molecular complexity index is 2840. The number of nitrogens with two attached hydrogens (primary N) is 1. The third-order valence-corrected chi connectivity index (χ3v) is 17.7. The first-order chi connectivity index (χ1) is 32.3. The number of nitrogens with zero attached hydrogens (tertiary/aromatic N) is 4. The average Bonchev–Trinajstić information content (AvgIpc) is 4.08. The van der Waals surface area contributed by atoms with Gasteiger partial charge in [0.05, 0.1) is 41.1 Å². The number of carbonyl (C=O) groups excluding carboxylic acids is 1. The van der Waals surface area contributed by atoms with Crippen molar-refractivity contribution < 1.29 is 42.7 Å². The number of aliphatic hydroxyl groups is 2. The number of benzene rings is 3. The predicted octanol–water partition coefficient (Wildman–Crippen LogP) is 13.9. The van der Waals surface area contributed by atoms with E-state index in [0.717, 1.165) is 34.0 Å². The molecule has 0 bridgehead atoms. The van der Waals surface area contributed by atoms with E-state index in [1.807, 2.05) is 32.0 Å². The highest BCUT2D eigenvalue weighted by Crippen LogP contribution is 2.40. The number of fused-ring (bicyclic) bond motifs is 2. The number of Topliss-reactive ketones (excluding diaryl/α,β-unsaturated/α-hetero) is 1. The van der Waals surface area contributed by atoms with Crippen molar-refractivity contribution in [3.05, 3.63) is 103 Å². The van der Waals surface area contributed by atoms with Crippen molar-refractivity contribution >= 4 is 96.6 Å². The highest BCUT2D eigenvalue weighted by atomic mass is 79.9. The van der Waals surface area contributed by atoms with Crippen LogP contribution in [0.5, 0.6) is 11.5 Å². The Balaban J connectivity index is 0.000000314. The topological polar surface area (TPSA) is 156 Å². The molecule has 7 rings (SSSR count). The molecule has 4 heterocycles. The summed E-state index contributed by atoms with van der Waals surface area (Å²) in [6, 6.07) is 17.0. The smallest absolute Gasteiger partial charge is 0.163 e. The second kappa shape index (κ2) is 25.8. The minimum absolute atomic E-state index is 0. The van der Waals surface area contributed by atoms with Gasteiger partial charge in [0.15, 0.2) is 17.3 Å². The van der Waals surface area contributed by atoms with Crippen LogP contribution in [0, 0.1) is 11.6 Å². The number of thiophene rings is 2. The Morgan fingerprint density at radius 3 is 1.61 bits per heavy atom. The molecule has 0 amide bonds. The molecule has 12 nitrogen and oxygen atoms in total. The van der Waals surface area contributed by atoms with Crippen LogP contribution >= 0.6 is 54.5 Å². The number of carbonyl (C=O) groups is 1. The van der Waals surface area contributed by atoms with Gasteiger partial charge < -0.3 is 44.0 Å². The number of halogens is 4. The quantitative estimate of drug-likeness (QED) is 0.0360. The maximum Gasteiger partial charge on any atom is 0.163 e. The molecular weight excluding hydrogens is 1100 g/mol. The number of hydrogen-bond donors (Lipinski definition) is 3. The number of aliphatic hydroxyl groups excluding tert-OH is 2. The molecular formula is C50H67Br2F2N5O7S2Si2. The molecule has 0 aliphatic rings. The number of hydrogen-bond acceptors (Lipinski definition) is 12. The van der Waals surface area contributed by atoms with E-state index in [-0.39, 0.29) is 65.1 Å². The van der Waals surface area contributed by atoms with Crippen LogP contribution in [-0.4, -0.2) is 85.2 Å². The minimum Gasteiger partial charge on any atom is -0.493 e. The summed E-state index contributed by atoms with van der Waals surface area (Å²) in [5, 5.41) is 27.0. The average molecular weight is 1170 g/mol. The maximum absolute atomic E-state index is 14.5. The van der Waals surface area contributed by atoms with Gasteiger partial charge in [-0.05, 0) is 80.7 Å². The fraction of sp³-hybridized carbons (Fsp3) is 0.420. The van der Waals surface area contributed by atoms with E-state index in [4.69, 9.17) is 29.7 Å². The summed E-state index contributed by atoms with van der Waals surface area (Å²) < 4.78 is 57.0. The van der Waals surface area contributed by atoms with Crippen LogP contribution in [0.15, 0.2) is 74.6 Å². The lowest BCUT2D eigenvalue weighted by atomic mass is 10.0. The number of rotatable bonds is 21. The van der Waals surface area contributed by atoms with Crippen molar-refractivity contribution in [2.24, 2.45) is 5.73 Å². The number of methoxy groups -OCH3 is 2. The van der Waals surface area contributed by atoms with E-state index in [2.05, 4.69) is 76.1 Å². The summed E-state index contributed by atoms with van der Waals surface area (Å²) in [6.07, 6.45) is -1.60. The molecule has 0 saturated heterocycles. The summed E-state index contributed by atoms with van der Waals surface area (Å²) in [6.45, 7) is 15.4. The predicted molar refractivity (Wildman–Crippen MR) is 295 cm³/mol. The molecule has 2 unspecified atom stereocenters. The monoisotopic (exact) mass is 1170 g/mol. The summed E-state index contributed by atoms with van der Waals surface area (Å²) in [5.74, 6) is 1.53. The van der Waals surface area contributed by atoms with E-state index in [1.165, 1.54) is 49.0 Å². The fourth-order valence-electron chi connectivity index (χ4n) is 7.31. The Morgan fingerprint density at radius 1 is 0.729 bits per heavy atom. The first kappa shape index (κ1) is 58.9. The van der Waals surface area contributed by atoms with Crippen LogP contribution < -0.4 is 15.2 Å². The van der Waals surface area contributed by atoms with Gasteiger partial charge in [0.2, 0.25) is 0 Å². The molecule has 382 valence electrons. The molecule has 3 aromatic carbocycles. The molecule has 0 saturated carbocycles. The van der Waals surface area contributed by atoms with Gasteiger partial charge in [0, 0.05) is 80.6 Å². The van der Waals surface area contributed by atoms with E-state index in [9.17, 15) is 23.8 Å². The zero-order valence-corrected chi connectivity index (χ0v) is 46.3. The molecule has 2 atom stereocenters. The first-order valence-corrected chi connectivity index (χ1v) is 32.8. The normalized spacial score (nSPS) is 12.6. The summed E-state index contributed by atoms with van der Waals surface area (Å²) in [4.78, 5) is 22.3. The van der Waals surface area contributed by atoms with Crippen LogP contribution in [0.2, 0.25) is 51.4 Å². The molecule has 4 aromatic heterocycles. The van der Waals surface area contributed by atoms with Gasteiger partial charge in [-0.15, -0.1) is 22.7 Å². The molecule has 0 radical (unpaired) electrons. The Hall–Kier alpha value is -3.68. The third kappa shape index (κ3) is 14.3. The Kier molecular flexibility index (Phi) is 21.7. The Labute approximate surface area is 437 Å². The van der Waals surface area contributed by atoms with Crippen LogP contribution in [0.3, 0.4) is 0 Å². The number of imidazole rings is 2. The van der Waals surface area contributed by atoms with Crippen molar-refractivity contribution in [2.45, 2.75) is 105 Å². The largest absolute Gasteiger partial charge is 0.493 e. The van der Waals surface area contributed by atoms with Gasteiger partial charge in [-0.3, -0.25) is 4.79 Å². The van der Waals surface area contributed by atoms with Crippen molar-refractivity contribution in [2.75, 3.05) is 34.0 Å². The summed E-state index contributed by atoms with van der Waals surface area (Å²) in [7, 11) is 0.535. The van der Waals surface area contributed by atoms with Gasteiger partial charge in [-0.2, -0.15) is 0 Å². The molecule has 7 aromatic rings. The second-order valence-electron chi connectivity index (χ2n) is 18.6. The Morgan fingerprint density at radius 2 is 1.19 bits per heavy atom. The van der Waals surface area contributed by atoms with Gasteiger partial charge in [-0.25, -0.2) is 18.7 Å². The van der Waals surface area contributed by atoms with Crippen molar-refractivity contribution in [3.8, 4) is 34.3 Å². The molecule has 20 heteroatoms. The summed E-state index contributed by atoms with van der Waals surface area (Å²) in [5.41, 5.74) is 8.82. The van der Waals surface area contributed by atoms with E-state index < -0.39 is 28.4 Å². The van der Waals surface area contributed by atoms with E-state index in [0.29, 0.717) is 71.9 Å². The molecule has 0 aliphatic carbocycles. The van der Waals surface area contributed by atoms with Crippen molar-refractivity contribution in [3.63, 3.8) is 0 Å². The SMILES string of the molecule is C.C.COc1ccc(C(=O)CCC(O)c2c(Br)nc(-c3csc4c(F)cccc34)n2COCC[Si](C)(C)C)cc1OC.C[Si](C)(C)CCOCn1c(-c2csc3c(F)cccc23)nc(Br)c1C(O)CN. The van der Waals surface area contributed by atoms with Crippen molar-refractivity contribution in [1.82, 2.24) is 19.1 Å². The van der Waals surface area contributed by atoms with Crippen molar-refractivity contribution in [1.29, 1.82) is 0 Å². The van der Waals surface area contributed by atoms with Gasteiger partial charge in [-0.1, -0.05) is 78.4 Å². The lowest BCUT2D eigenvalue weighted by molar-refractivity contribution is 0.0744. The zero-order valence-electron chi connectivity index (χ0n) is 39.5. The van der Waals surface area contributed by atoms with Crippen LogP contribution in [-0.2, 0) is 22.9 Å². The highest BCUT2D eigenvalue weighted by Gasteiger charge is 2.27. The molecule has 0 fully saturated rings. The molecule has 4 N–H and O–H groups in total. The summed E-state index contributed by atoms with van der Waals surface area (Å²) >= 11 is 9.63. The van der Waals surface area contributed by atoms with Crippen LogP contribution in [0.25, 0.3) is 42.9 Å². The first-order valence-electron chi connectivity index (χ1n) is 22.1. The fourth-order valence-corrected chi connectivity index (χ4v) is 12.0. The van der Waals surface area contributed by atoms with E-state index in [1.54, 1.807) is 30.3 Å². The minimum atomic E-state index is -1.31. The van der Waals surface area contributed by atoms with Gasteiger partial charge >= 0.3 is 0 Å². The van der Waals surface area contributed by atoms with Crippen LogP contribution in [0.4, 0.5) is 8.78 Å². The maximum atomic E-state index is 14.5. The van der Waals surface area contributed by atoms with Crippen LogP contribution in [0.1, 0.15) is 61.6 Å². The molecule has 0 spiro atoms.